The fraction of sp³-hybridized carbons (Fsp3) is 0.667. The van der Waals surface area contributed by atoms with Gasteiger partial charge >= 0.3 is 0 Å². The molecule has 1 N–H and O–H groups in total. The van der Waals surface area contributed by atoms with Crippen molar-refractivity contribution in [3.05, 3.63) is 12.2 Å². The Kier molecular flexibility index (Phi) is 5.58. The summed E-state index contributed by atoms with van der Waals surface area (Å²) in [6.45, 7) is 5.96. The molecule has 1 aromatic rings. The van der Waals surface area contributed by atoms with E-state index in [2.05, 4.69) is 35.2 Å². The normalized spacial score (nSPS) is 10.6. The highest BCUT2D eigenvalue weighted by Gasteiger charge is 2.05. The summed E-state index contributed by atoms with van der Waals surface area (Å²) in [5.41, 5.74) is 0. The first kappa shape index (κ1) is 12.7. The van der Waals surface area contributed by atoms with Crippen LogP contribution in [0.15, 0.2) is 6.33 Å². The van der Waals surface area contributed by atoms with Crippen LogP contribution in [0, 0.1) is 12.3 Å². The van der Waals surface area contributed by atoms with Gasteiger partial charge in [-0.3, -0.25) is 0 Å². The Morgan fingerprint density at radius 1 is 1.50 bits per heavy atom. The van der Waals surface area contributed by atoms with Crippen molar-refractivity contribution in [2.45, 2.75) is 45.7 Å². The minimum Gasteiger partial charge on any atom is -0.310 e. The molecule has 88 valence electrons. The molecular formula is C12H20N4. The lowest BCUT2D eigenvalue weighted by atomic mass is 10.2. The first-order chi connectivity index (χ1) is 7.75. The number of hydrogen-bond acceptors (Lipinski definition) is 3. The van der Waals surface area contributed by atoms with Crippen molar-refractivity contribution in [2.75, 3.05) is 6.54 Å². The van der Waals surface area contributed by atoms with E-state index in [-0.39, 0.29) is 0 Å². The maximum absolute atomic E-state index is 5.18. The smallest absolute Gasteiger partial charge is 0.141 e. The molecule has 0 atom stereocenters. The Hall–Kier alpha value is -1.34. The van der Waals surface area contributed by atoms with E-state index in [1.165, 1.54) is 0 Å². The Bertz CT molecular complexity index is 335. The maximum Gasteiger partial charge on any atom is 0.141 e. The van der Waals surface area contributed by atoms with Crippen LogP contribution in [0.1, 0.15) is 45.0 Å². The third-order valence-electron chi connectivity index (χ3n) is 2.34. The number of terminal acetylenes is 1. The third kappa shape index (κ3) is 4.03. The monoisotopic (exact) mass is 220 g/mol. The molecule has 1 aromatic heterocycles. The van der Waals surface area contributed by atoms with Gasteiger partial charge in [0, 0.05) is 12.5 Å². The molecule has 0 fully saturated rings. The minimum atomic E-state index is 0.362. The minimum absolute atomic E-state index is 0.362. The molecule has 0 aliphatic rings. The average Bonchev–Trinajstić information content (AvgIpc) is 2.71. The van der Waals surface area contributed by atoms with Crippen LogP contribution in [0.25, 0.3) is 0 Å². The molecule has 0 spiro atoms. The van der Waals surface area contributed by atoms with Gasteiger partial charge in [0.05, 0.1) is 6.54 Å². The number of nitrogens with one attached hydrogen (secondary N) is 1. The van der Waals surface area contributed by atoms with Gasteiger partial charge in [0.15, 0.2) is 0 Å². The number of hydrogen-bond donors (Lipinski definition) is 1. The van der Waals surface area contributed by atoms with Crippen molar-refractivity contribution in [3.63, 3.8) is 0 Å². The number of rotatable bonds is 7. The summed E-state index contributed by atoms with van der Waals surface area (Å²) in [6, 6.07) is 0.362. The van der Waals surface area contributed by atoms with Crippen molar-refractivity contribution in [3.8, 4) is 12.3 Å². The summed E-state index contributed by atoms with van der Waals surface area (Å²) in [6.07, 6.45) is 9.85. The van der Waals surface area contributed by atoms with Crippen LogP contribution in [0.4, 0.5) is 0 Å². The summed E-state index contributed by atoms with van der Waals surface area (Å²) >= 11 is 0. The van der Waals surface area contributed by atoms with E-state index in [1.54, 1.807) is 6.33 Å². The second kappa shape index (κ2) is 7.02. The van der Waals surface area contributed by atoms with Gasteiger partial charge in [-0.05, 0) is 33.2 Å². The molecule has 0 aliphatic heterocycles. The van der Waals surface area contributed by atoms with Crippen LogP contribution >= 0.6 is 0 Å². The van der Waals surface area contributed by atoms with E-state index in [0.29, 0.717) is 6.04 Å². The van der Waals surface area contributed by atoms with E-state index in [9.17, 15) is 0 Å². The van der Waals surface area contributed by atoms with Gasteiger partial charge in [0.25, 0.3) is 0 Å². The van der Waals surface area contributed by atoms with Crippen molar-refractivity contribution < 1.29 is 0 Å². The molecule has 4 heteroatoms. The van der Waals surface area contributed by atoms with E-state index in [0.717, 1.165) is 38.2 Å². The Morgan fingerprint density at radius 2 is 2.31 bits per heavy atom. The van der Waals surface area contributed by atoms with E-state index in [4.69, 9.17) is 6.42 Å². The lowest BCUT2D eigenvalue weighted by Gasteiger charge is -2.09. The van der Waals surface area contributed by atoms with Gasteiger partial charge in [-0.15, -0.1) is 12.3 Å². The van der Waals surface area contributed by atoms with Gasteiger partial charge in [0.1, 0.15) is 12.2 Å². The number of nitrogens with zero attached hydrogens (tertiary/aromatic N) is 3. The zero-order valence-corrected chi connectivity index (χ0v) is 10.1. The molecule has 0 aliphatic carbocycles. The van der Waals surface area contributed by atoms with Gasteiger partial charge in [-0.2, -0.15) is 5.10 Å². The topological polar surface area (TPSA) is 42.7 Å². The van der Waals surface area contributed by atoms with Crippen LogP contribution in [0.5, 0.6) is 0 Å². The van der Waals surface area contributed by atoms with Gasteiger partial charge < -0.3 is 5.32 Å². The SMILES string of the molecule is C#CCCCCNCc1ncnn1C(C)C. The van der Waals surface area contributed by atoms with E-state index >= 15 is 0 Å². The number of aromatic nitrogens is 3. The highest BCUT2D eigenvalue weighted by atomic mass is 15.3. The zero-order valence-electron chi connectivity index (χ0n) is 10.1. The molecule has 0 aromatic carbocycles. The molecule has 0 saturated carbocycles. The zero-order chi connectivity index (χ0) is 11.8. The highest BCUT2D eigenvalue weighted by Crippen LogP contribution is 2.04. The fourth-order valence-corrected chi connectivity index (χ4v) is 1.51. The van der Waals surface area contributed by atoms with Crippen LogP contribution in [0.3, 0.4) is 0 Å². The van der Waals surface area contributed by atoms with Gasteiger partial charge in [-0.25, -0.2) is 9.67 Å². The standard InChI is InChI=1S/C12H20N4/c1-4-5-6-7-8-13-9-12-14-10-15-16(12)11(2)3/h1,10-11,13H,5-9H2,2-3H3. The molecule has 16 heavy (non-hydrogen) atoms. The summed E-state index contributed by atoms with van der Waals surface area (Å²) in [4.78, 5) is 4.23. The van der Waals surface area contributed by atoms with Crippen molar-refractivity contribution in [1.29, 1.82) is 0 Å². The van der Waals surface area contributed by atoms with Crippen molar-refractivity contribution in [2.24, 2.45) is 0 Å². The largest absolute Gasteiger partial charge is 0.310 e. The third-order valence-corrected chi connectivity index (χ3v) is 2.34. The second-order valence-electron chi connectivity index (χ2n) is 4.05. The summed E-state index contributed by atoms with van der Waals surface area (Å²) in [5.74, 6) is 3.63. The van der Waals surface area contributed by atoms with E-state index < -0.39 is 0 Å². The molecule has 0 unspecified atom stereocenters. The molecule has 4 nitrogen and oxygen atoms in total. The molecule has 1 rings (SSSR count). The Morgan fingerprint density at radius 3 is 3.00 bits per heavy atom. The summed E-state index contributed by atoms with van der Waals surface area (Å²) < 4.78 is 1.94. The van der Waals surface area contributed by atoms with Crippen LogP contribution in [0.2, 0.25) is 0 Å². The first-order valence-electron chi connectivity index (χ1n) is 5.78. The summed E-state index contributed by atoms with van der Waals surface area (Å²) in [5, 5.41) is 7.53. The first-order valence-corrected chi connectivity index (χ1v) is 5.78. The molecule has 0 amide bonds. The lowest BCUT2D eigenvalue weighted by Crippen LogP contribution is -2.19. The average molecular weight is 220 g/mol. The predicted octanol–water partition coefficient (Wildman–Crippen LogP) is 1.75. The lowest BCUT2D eigenvalue weighted by molar-refractivity contribution is 0.487. The molecule has 0 bridgehead atoms. The second-order valence-corrected chi connectivity index (χ2v) is 4.05. The molecule has 1 heterocycles. The molecular weight excluding hydrogens is 200 g/mol. The van der Waals surface area contributed by atoms with Crippen molar-refractivity contribution >= 4 is 0 Å². The van der Waals surface area contributed by atoms with Crippen molar-refractivity contribution in [1.82, 2.24) is 20.1 Å². The highest BCUT2D eigenvalue weighted by molar-refractivity contribution is 4.86. The quantitative estimate of drug-likeness (QED) is 0.562. The van der Waals surface area contributed by atoms with Gasteiger partial charge in [-0.1, -0.05) is 0 Å². The van der Waals surface area contributed by atoms with Crippen LogP contribution in [-0.2, 0) is 6.54 Å². The van der Waals surface area contributed by atoms with Gasteiger partial charge in [0.2, 0.25) is 0 Å². The van der Waals surface area contributed by atoms with Crippen LogP contribution in [-0.4, -0.2) is 21.3 Å². The Labute approximate surface area is 97.5 Å². The molecule has 0 saturated heterocycles. The van der Waals surface area contributed by atoms with Crippen LogP contribution < -0.4 is 5.32 Å². The summed E-state index contributed by atoms with van der Waals surface area (Å²) in [7, 11) is 0. The maximum atomic E-state index is 5.18. The predicted molar refractivity (Wildman–Crippen MR) is 64.8 cm³/mol. The Balaban J connectivity index is 2.22. The molecule has 0 radical (unpaired) electrons. The number of unbranched alkanes of at least 4 members (excludes halogenated alkanes) is 2. The van der Waals surface area contributed by atoms with E-state index in [1.807, 2.05) is 4.68 Å². The fourth-order valence-electron chi connectivity index (χ4n) is 1.51.